The monoisotopic (exact) mass is 299 g/mol. The van der Waals surface area contributed by atoms with Crippen molar-refractivity contribution in [2.24, 2.45) is 0 Å². The van der Waals surface area contributed by atoms with Crippen molar-refractivity contribution >= 4 is 33.6 Å². The van der Waals surface area contributed by atoms with Crippen LogP contribution in [0.2, 0.25) is 5.02 Å². The Morgan fingerprint density at radius 3 is 2.94 bits per heavy atom. The van der Waals surface area contributed by atoms with Crippen molar-refractivity contribution in [3.05, 3.63) is 38.8 Å². The second-order valence-electron chi connectivity index (χ2n) is 4.31. The molecular formula is C13H15BrClN. The molecule has 86 valence electrons. The molecule has 2 rings (SSSR count). The molecular weight excluding hydrogens is 286 g/mol. The van der Waals surface area contributed by atoms with Crippen LogP contribution in [0, 0.1) is 0 Å². The molecule has 0 aromatic heterocycles. The molecule has 1 N–H and O–H groups in total. The van der Waals surface area contributed by atoms with Gasteiger partial charge in [0.05, 0.1) is 0 Å². The van der Waals surface area contributed by atoms with E-state index in [1.165, 1.54) is 18.4 Å². The Bertz CT molecular complexity index is 410. The van der Waals surface area contributed by atoms with Gasteiger partial charge in [0.25, 0.3) is 0 Å². The highest BCUT2D eigenvalue weighted by Gasteiger charge is 2.19. The third-order valence-electron chi connectivity index (χ3n) is 2.61. The Hall–Kier alpha value is -0.310. The molecule has 1 aromatic carbocycles. The molecule has 1 aliphatic rings. The van der Waals surface area contributed by atoms with E-state index in [1.807, 2.05) is 18.2 Å². The topological polar surface area (TPSA) is 12.0 Å². The van der Waals surface area contributed by atoms with Gasteiger partial charge in [0, 0.05) is 22.1 Å². The summed E-state index contributed by atoms with van der Waals surface area (Å²) >= 11 is 9.56. The average molecular weight is 301 g/mol. The molecule has 0 spiro atoms. The Morgan fingerprint density at radius 2 is 2.31 bits per heavy atom. The Labute approximate surface area is 110 Å². The molecule has 0 bridgehead atoms. The van der Waals surface area contributed by atoms with E-state index in [0.29, 0.717) is 0 Å². The highest BCUT2D eigenvalue weighted by Crippen LogP contribution is 2.23. The third kappa shape index (κ3) is 3.62. The first-order valence-corrected chi connectivity index (χ1v) is 6.68. The molecule has 1 saturated carbocycles. The molecule has 0 heterocycles. The number of halogens is 2. The van der Waals surface area contributed by atoms with Crippen molar-refractivity contribution in [1.82, 2.24) is 5.32 Å². The minimum atomic E-state index is 0.753. The van der Waals surface area contributed by atoms with Crippen LogP contribution in [0.15, 0.2) is 28.2 Å². The van der Waals surface area contributed by atoms with Crippen LogP contribution in [0.25, 0.3) is 6.08 Å². The molecule has 0 unspecified atom stereocenters. The van der Waals surface area contributed by atoms with Gasteiger partial charge in [0.1, 0.15) is 0 Å². The van der Waals surface area contributed by atoms with E-state index in [1.54, 1.807) is 0 Å². The molecule has 1 fully saturated rings. The molecule has 0 radical (unpaired) electrons. The van der Waals surface area contributed by atoms with Gasteiger partial charge in [-0.15, -0.1) is 0 Å². The summed E-state index contributed by atoms with van der Waals surface area (Å²) in [6.45, 7) is 3.09. The van der Waals surface area contributed by atoms with Gasteiger partial charge in [-0.25, -0.2) is 0 Å². The zero-order chi connectivity index (χ0) is 11.5. The predicted molar refractivity (Wildman–Crippen MR) is 73.8 cm³/mol. The van der Waals surface area contributed by atoms with Gasteiger partial charge in [-0.2, -0.15) is 0 Å². The van der Waals surface area contributed by atoms with E-state index in [9.17, 15) is 0 Å². The minimum absolute atomic E-state index is 0.753. The third-order valence-corrected chi connectivity index (χ3v) is 3.43. The van der Waals surface area contributed by atoms with Gasteiger partial charge >= 0.3 is 0 Å². The van der Waals surface area contributed by atoms with Gasteiger partial charge in [0.2, 0.25) is 0 Å². The first-order valence-electron chi connectivity index (χ1n) is 5.51. The maximum absolute atomic E-state index is 6.15. The van der Waals surface area contributed by atoms with Crippen LogP contribution < -0.4 is 5.32 Å². The van der Waals surface area contributed by atoms with Crippen LogP contribution in [-0.2, 0) is 0 Å². The largest absolute Gasteiger partial charge is 0.310 e. The molecule has 1 nitrogen and oxygen atoms in total. The molecule has 16 heavy (non-hydrogen) atoms. The van der Waals surface area contributed by atoms with Crippen molar-refractivity contribution < 1.29 is 0 Å². The quantitative estimate of drug-likeness (QED) is 0.876. The first-order chi connectivity index (χ1) is 7.65. The standard InChI is InChI=1S/C13H15BrClN/c1-9(8-16-12-4-5-12)6-10-2-3-11(14)7-13(10)15/h2-3,6-7,12,16H,4-5,8H2,1H3/b9-6-. The van der Waals surface area contributed by atoms with Gasteiger partial charge in [-0.1, -0.05) is 45.2 Å². The highest BCUT2D eigenvalue weighted by atomic mass is 79.9. The van der Waals surface area contributed by atoms with E-state index < -0.39 is 0 Å². The number of hydrogen-bond acceptors (Lipinski definition) is 1. The normalized spacial score (nSPS) is 16.6. The first kappa shape index (κ1) is 12.2. The van der Waals surface area contributed by atoms with Crippen LogP contribution in [0.3, 0.4) is 0 Å². The summed E-state index contributed by atoms with van der Waals surface area (Å²) in [6.07, 6.45) is 4.79. The average Bonchev–Trinajstić information content (AvgIpc) is 3.03. The molecule has 3 heteroatoms. The van der Waals surface area contributed by atoms with Crippen LogP contribution in [0.4, 0.5) is 0 Å². The van der Waals surface area contributed by atoms with Crippen LogP contribution in [0.1, 0.15) is 25.3 Å². The van der Waals surface area contributed by atoms with Gasteiger partial charge < -0.3 is 5.32 Å². The number of rotatable bonds is 4. The summed E-state index contributed by atoms with van der Waals surface area (Å²) < 4.78 is 1.02. The maximum Gasteiger partial charge on any atom is 0.0489 e. The minimum Gasteiger partial charge on any atom is -0.310 e. The number of nitrogens with one attached hydrogen (secondary N) is 1. The zero-order valence-electron chi connectivity index (χ0n) is 9.26. The van der Waals surface area contributed by atoms with Crippen molar-refractivity contribution in [2.75, 3.05) is 6.54 Å². The Morgan fingerprint density at radius 1 is 1.56 bits per heavy atom. The highest BCUT2D eigenvalue weighted by molar-refractivity contribution is 9.10. The zero-order valence-corrected chi connectivity index (χ0v) is 11.6. The van der Waals surface area contributed by atoms with E-state index in [-0.39, 0.29) is 0 Å². The van der Waals surface area contributed by atoms with Crippen LogP contribution in [-0.4, -0.2) is 12.6 Å². The smallest absolute Gasteiger partial charge is 0.0489 e. The lowest BCUT2D eigenvalue weighted by atomic mass is 10.1. The summed E-state index contributed by atoms with van der Waals surface area (Å²) in [4.78, 5) is 0. The molecule has 0 saturated heterocycles. The van der Waals surface area contributed by atoms with Crippen molar-refractivity contribution in [3.8, 4) is 0 Å². The maximum atomic E-state index is 6.15. The Balaban J connectivity index is 2.01. The fourth-order valence-electron chi connectivity index (χ4n) is 1.53. The molecule has 1 aliphatic carbocycles. The molecule has 0 atom stereocenters. The second-order valence-corrected chi connectivity index (χ2v) is 5.63. The van der Waals surface area contributed by atoms with Crippen molar-refractivity contribution in [1.29, 1.82) is 0 Å². The summed E-state index contributed by atoms with van der Waals surface area (Å²) in [5.74, 6) is 0. The van der Waals surface area contributed by atoms with Crippen LogP contribution >= 0.6 is 27.5 Å². The van der Waals surface area contributed by atoms with E-state index >= 15 is 0 Å². The van der Waals surface area contributed by atoms with E-state index in [2.05, 4.69) is 34.2 Å². The van der Waals surface area contributed by atoms with Crippen LogP contribution in [0.5, 0.6) is 0 Å². The van der Waals surface area contributed by atoms with Gasteiger partial charge in [-0.3, -0.25) is 0 Å². The SMILES string of the molecule is C/C(=C/c1ccc(Br)cc1Cl)CNC1CC1. The van der Waals surface area contributed by atoms with E-state index in [4.69, 9.17) is 11.6 Å². The number of benzene rings is 1. The summed E-state index contributed by atoms with van der Waals surface area (Å²) in [7, 11) is 0. The van der Waals surface area contributed by atoms with Gasteiger partial charge in [0.15, 0.2) is 0 Å². The summed E-state index contributed by atoms with van der Waals surface area (Å²) in [5.41, 5.74) is 2.40. The number of hydrogen-bond donors (Lipinski definition) is 1. The Kier molecular flexibility index (Phi) is 4.06. The molecule has 0 amide bonds. The van der Waals surface area contributed by atoms with E-state index in [0.717, 1.165) is 27.6 Å². The lowest BCUT2D eigenvalue weighted by molar-refractivity contribution is 0.736. The van der Waals surface area contributed by atoms with Crippen molar-refractivity contribution in [3.63, 3.8) is 0 Å². The molecule has 1 aromatic rings. The van der Waals surface area contributed by atoms with Crippen molar-refractivity contribution in [2.45, 2.75) is 25.8 Å². The predicted octanol–water partition coefficient (Wildman–Crippen LogP) is 4.26. The fraction of sp³-hybridized carbons (Fsp3) is 0.385. The second kappa shape index (κ2) is 5.35. The van der Waals surface area contributed by atoms with Gasteiger partial charge in [-0.05, 0) is 37.5 Å². The lowest BCUT2D eigenvalue weighted by Gasteiger charge is -2.04. The summed E-state index contributed by atoms with van der Waals surface area (Å²) in [6, 6.07) is 6.73. The molecule has 0 aliphatic heterocycles. The summed E-state index contributed by atoms with van der Waals surface area (Å²) in [5, 5.41) is 4.28. The lowest BCUT2D eigenvalue weighted by Crippen LogP contribution is -2.18. The fourth-order valence-corrected chi connectivity index (χ4v) is 2.26.